The van der Waals surface area contributed by atoms with Crippen LogP contribution in [-0.2, 0) is 4.74 Å². The van der Waals surface area contributed by atoms with E-state index in [4.69, 9.17) is 4.74 Å². The van der Waals surface area contributed by atoms with Crippen molar-refractivity contribution in [3.8, 4) is 5.75 Å². The van der Waals surface area contributed by atoms with Crippen LogP contribution < -0.4 is 0 Å². The number of allylic oxidation sites excluding steroid dienone is 3. The zero-order chi connectivity index (χ0) is 17.1. The number of carbonyl (C=O) groups is 1. The Bertz CT molecular complexity index is 576. The van der Waals surface area contributed by atoms with E-state index in [2.05, 4.69) is 0 Å². The van der Waals surface area contributed by atoms with Gasteiger partial charge in [-0.15, -0.1) is 0 Å². The number of nitrogens with zero attached hydrogens (tertiary/aromatic N) is 1. The van der Waals surface area contributed by atoms with Crippen LogP contribution in [-0.4, -0.2) is 16.0 Å². The largest absolute Gasteiger partial charge is 0.507 e. The van der Waals surface area contributed by atoms with Gasteiger partial charge in [-0.3, -0.25) is 10.1 Å². The minimum Gasteiger partial charge on any atom is -0.507 e. The van der Waals surface area contributed by atoms with Gasteiger partial charge in [-0.2, -0.15) is 0 Å². The minimum atomic E-state index is -0.847. The average Bonchev–Trinajstić information content (AvgIpc) is 2.53. The molecule has 22 heavy (non-hydrogen) atoms. The molecule has 1 N–H and O–H groups in total. The number of benzene rings is 1. The summed E-state index contributed by atoms with van der Waals surface area (Å²) in [5.41, 5.74) is -0.538. The third-order valence-corrected chi connectivity index (χ3v) is 2.42. The van der Waals surface area contributed by atoms with Gasteiger partial charge in [0.05, 0.1) is 4.92 Å². The van der Waals surface area contributed by atoms with E-state index in [1.807, 2.05) is 20.8 Å². The number of ether oxygens (including phenoxy) is 1. The van der Waals surface area contributed by atoms with Crippen LogP contribution >= 0.6 is 0 Å². The van der Waals surface area contributed by atoms with Crippen LogP contribution in [0.1, 0.15) is 44.5 Å². The second-order valence-corrected chi connectivity index (χ2v) is 3.85. The highest BCUT2D eigenvalue weighted by atomic mass is 16.6. The average molecular weight is 307 g/mol. The Labute approximate surface area is 129 Å². The summed E-state index contributed by atoms with van der Waals surface area (Å²) in [5.74, 6) is -0.904. The normalized spacial score (nSPS) is 10.8. The molecule has 1 rings (SSSR count). The summed E-state index contributed by atoms with van der Waals surface area (Å²) in [7, 11) is 0. The summed E-state index contributed by atoms with van der Waals surface area (Å²) >= 11 is 0. The standard InChI is InChI=1S/C14H15NO5.C2H6/c1-3-5-6-11(4-2)20-14(17)12-9-10(15(18)19)7-8-13(12)16;1-2/h4-9,16H,3H2,1-2H3;1-2H3/b6-5-,11-4+;. The first-order chi connectivity index (χ1) is 10.5. The van der Waals surface area contributed by atoms with Crippen LogP contribution in [0, 0.1) is 10.1 Å². The van der Waals surface area contributed by atoms with Crippen LogP contribution in [0.25, 0.3) is 0 Å². The first-order valence-corrected chi connectivity index (χ1v) is 7.02. The lowest BCUT2D eigenvalue weighted by Crippen LogP contribution is -2.05. The van der Waals surface area contributed by atoms with Crippen molar-refractivity contribution >= 4 is 11.7 Å². The highest BCUT2D eigenvalue weighted by molar-refractivity contribution is 5.93. The molecular formula is C16H21NO5. The molecule has 0 aromatic heterocycles. The molecule has 1 aromatic carbocycles. The van der Waals surface area contributed by atoms with Gasteiger partial charge in [-0.25, -0.2) is 4.79 Å². The number of phenolic OH excluding ortho intramolecular Hbond substituents is 1. The maximum absolute atomic E-state index is 11.9. The van der Waals surface area contributed by atoms with Crippen LogP contribution in [0.15, 0.2) is 42.2 Å². The lowest BCUT2D eigenvalue weighted by atomic mass is 10.2. The highest BCUT2D eigenvalue weighted by Crippen LogP contribution is 2.24. The number of non-ortho nitro benzene ring substituents is 1. The minimum absolute atomic E-state index is 0.247. The number of nitro benzene ring substituents is 1. The molecule has 1 aromatic rings. The molecule has 0 amide bonds. The molecule has 0 aliphatic carbocycles. The Morgan fingerprint density at radius 3 is 2.55 bits per heavy atom. The number of esters is 1. The van der Waals surface area contributed by atoms with Gasteiger partial charge in [0.2, 0.25) is 0 Å². The van der Waals surface area contributed by atoms with Crippen LogP contribution in [0.2, 0.25) is 0 Å². The summed E-state index contributed by atoms with van der Waals surface area (Å²) in [4.78, 5) is 21.9. The first-order valence-electron chi connectivity index (χ1n) is 7.02. The monoisotopic (exact) mass is 307 g/mol. The van der Waals surface area contributed by atoms with E-state index in [-0.39, 0.29) is 17.0 Å². The van der Waals surface area contributed by atoms with Crippen molar-refractivity contribution in [3.63, 3.8) is 0 Å². The van der Waals surface area contributed by atoms with Crippen LogP contribution in [0.5, 0.6) is 5.75 Å². The molecule has 0 radical (unpaired) electrons. The Morgan fingerprint density at radius 2 is 2.05 bits per heavy atom. The lowest BCUT2D eigenvalue weighted by molar-refractivity contribution is -0.384. The molecule has 0 aliphatic rings. The Morgan fingerprint density at radius 1 is 1.41 bits per heavy atom. The van der Waals surface area contributed by atoms with E-state index >= 15 is 0 Å². The topological polar surface area (TPSA) is 89.7 Å². The third-order valence-electron chi connectivity index (χ3n) is 2.42. The van der Waals surface area contributed by atoms with E-state index in [0.29, 0.717) is 5.76 Å². The van der Waals surface area contributed by atoms with Gasteiger partial charge in [0.15, 0.2) is 0 Å². The summed E-state index contributed by atoms with van der Waals surface area (Å²) in [6, 6.07) is 3.18. The van der Waals surface area contributed by atoms with Crippen LogP contribution in [0.3, 0.4) is 0 Å². The van der Waals surface area contributed by atoms with E-state index in [1.165, 1.54) is 0 Å². The number of aromatic hydroxyl groups is 1. The molecule has 0 bridgehead atoms. The van der Waals surface area contributed by atoms with Gasteiger partial charge in [-0.05, 0) is 31.6 Å². The SMILES string of the molecule is C/C=C(\C=C/CC)OC(=O)c1cc([N+](=O)[O-])ccc1O.CC. The number of hydrogen-bond donors (Lipinski definition) is 1. The number of phenols is 1. The van der Waals surface area contributed by atoms with Crippen LogP contribution in [0.4, 0.5) is 5.69 Å². The fraction of sp³-hybridized carbons (Fsp3) is 0.312. The van der Waals surface area contributed by atoms with Gasteiger partial charge < -0.3 is 9.84 Å². The van der Waals surface area contributed by atoms with E-state index in [1.54, 1.807) is 25.2 Å². The van der Waals surface area contributed by atoms with Crippen molar-refractivity contribution in [2.24, 2.45) is 0 Å². The van der Waals surface area contributed by atoms with Gasteiger partial charge in [0.1, 0.15) is 17.1 Å². The Kier molecular flexibility index (Phi) is 8.94. The second kappa shape index (κ2) is 10.1. The van der Waals surface area contributed by atoms with Crippen molar-refractivity contribution < 1.29 is 19.6 Å². The van der Waals surface area contributed by atoms with Gasteiger partial charge in [0, 0.05) is 12.1 Å². The van der Waals surface area contributed by atoms with Crippen molar-refractivity contribution in [2.75, 3.05) is 0 Å². The third kappa shape index (κ3) is 5.78. The lowest BCUT2D eigenvalue weighted by Gasteiger charge is -2.06. The molecule has 6 nitrogen and oxygen atoms in total. The number of rotatable bonds is 5. The predicted octanol–water partition coefficient (Wildman–Crippen LogP) is 4.35. The summed E-state index contributed by atoms with van der Waals surface area (Å²) < 4.78 is 5.06. The van der Waals surface area contributed by atoms with Crippen molar-refractivity contribution in [3.05, 3.63) is 57.9 Å². The molecule has 0 spiro atoms. The molecule has 6 heteroatoms. The molecule has 0 atom stereocenters. The summed E-state index contributed by atoms with van der Waals surface area (Å²) in [6.07, 6.45) is 5.78. The number of nitro groups is 1. The van der Waals surface area contributed by atoms with E-state index in [0.717, 1.165) is 24.6 Å². The molecule has 0 heterocycles. The van der Waals surface area contributed by atoms with Gasteiger partial charge >= 0.3 is 5.97 Å². The quantitative estimate of drug-likeness (QED) is 0.287. The van der Waals surface area contributed by atoms with Crippen molar-refractivity contribution in [1.29, 1.82) is 0 Å². The fourth-order valence-electron chi connectivity index (χ4n) is 1.39. The molecule has 0 aliphatic heterocycles. The molecule has 0 unspecified atom stereocenters. The fourth-order valence-corrected chi connectivity index (χ4v) is 1.39. The smallest absolute Gasteiger partial charge is 0.347 e. The van der Waals surface area contributed by atoms with Crippen molar-refractivity contribution in [2.45, 2.75) is 34.1 Å². The van der Waals surface area contributed by atoms with Crippen molar-refractivity contribution in [1.82, 2.24) is 0 Å². The van der Waals surface area contributed by atoms with Gasteiger partial charge in [0.25, 0.3) is 5.69 Å². The zero-order valence-corrected chi connectivity index (χ0v) is 13.2. The first kappa shape index (κ1) is 19.4. The summed E-state index contributed by atoms with van der Waals surface area (Å²) in [5, 5.41) is 20.2. The highest BCUT2D eigenvalue weighted by Gasteiger charge is 2.18. The molecule has 120 valence electrons. The van der Waals surface area contributed by atoms with E-state index in [9.17, 15) is 20.0 Å². The number of carbonyl (C=O) groups excluding carboxylic acids is 1. The van der Waals surface area contributed by atoms with Gasteiger partial charge in [-0.1, -0.05) is 26.8 Å². The molecule has 0 saturated heterocycles. The maximum atomic E-state index is 11.9. The second-order valence-electron chi connectivity index (χ2n) is 3.85. The molecule has 0 saturated carbocycles. The van der Waals surface area contributed by atoms with E-state index < -0.39 is 10.9 Å². The Hall–Kier alpha value is -2.63. The zero-order valence-electron chi connectivity index (χ0n) is 13.2. The maximum Gasteiger partial charge on any atom is 0.347 e. The predicted molar refractivity (Wildman–Crippen MR) is 84.7 cm³/mol. The summed E-state index contributed by atoms with van der Waals surface area (Å²) in [6.45, 7) is 7.62. The molecule has 0 fully saturated rings. The Balaban J connectivity index is 0.00000211. The molecular weight excluding hydrogens is 286 g/mol. The number of hydrogen-bond acceptors (Lipinski definition) is 5.